The van der Waals surface area contributed by atoms with Crippen molar-refractivity contribution in [1.29, 1.82) is 0 Å². The summed E-state index contributed by atoms with van der Waals surface area (Å²) in [6.07, 6.45) is 2.67. The molecule has 1 atom stereocenters. The molecule has 1 aromatic rings. The molecule has 0 aromatic heterocycles. The number of benzene rings is 1. The molecule has 3 N–H and O–H groups in total. The topological polar surface area (TPSA) is 38.0 Å². The van der Waals surface area contributed by atoms with Crippen molar-refractivity contribution in [1.82, 2.24) is 5.32 Å². The van der Waals surface area contributed by atoms with E-state index in [0.717, 1.165) is 11.7 Å². The maximum Gasteiger partial charge on any atom is 0.0314 e. The monoisotopic (exact) mass is 176 g/mol. The number of nitrogens with two attached hydrogens (primary N) is 1. The van der Waals surface area contributed by atoms with E-state index >= 15 is 0 Å². The molecule has 0 amide bonds. The van der Waals surface area contributed by atoms with Gasteiger partial charge in [0.25, 0.3) is 0 Å². The second-order valence-corrected chi connectivity index (χ2v) is 3.83. The van der Waals surface area contributed by atoms with Crippen LogP contribution in [0.15, 0.2) is 24.3 Å². The van der Waals surface area contributed by atoms with Crippen LogP contribution in [0.1, 0.15) is 31.4 Å². The van der Waals surface area contributed by atoms with Crippen molar-refractivity contribution in [2.24, 2.45) is 0 Å². The molecule has 70 valence electrons. The summed E-state index contributed by atoms with van der Waals surface area (Å²) in [5.41, 5.74) is 7.78. The van der Waals surface area contributed by atoms with Crippen LogP contribution in [0.25, 0.3) is 0 Å². The predicted molar refractivity (Wildman–Crippen MR) is 55.4 cm³/mol. The fraction of sp³-hybridized carbons (Fsp3) is 0.455. The summed E-state index contributed by atoms with van der Waals surface area (Å²) < 4.78 is 0. The molecular weight excluding hydrogens is 160 g/mol. The van der Waals surface area contributed by atoms with Crippen molar-refractivity contribution in [3.05, 3.63) is 29.8 Å². The Morgan fingerprint density at radius 3 is 2.46 bits per heavy atom. The maximum absolute atomic E-state index is 5.62. The minimum Gasteiger partial charge on any atom is -0.399 e. The van der Waals surface area contributed by atoms with Gasteiger partial charge in [-0.2, -0.15) is 0 Å². The van der Waals surface area contributed by atoms with Gasteiger partial charge in [-0.25, -0.2) is 0 Å². The second kappa shape index (κ2) is 3.38. The highest BCUT2D eigenvalue weighted by Crippen LogP contribution is 2.24. The van der Waals surface area contributed by atoms with Gasteiger partial charge in [0.15, 0.2) is 0 Å². The Bertz CT molecular complexity index is 275. The molecule has 2 heteroatoms. The second-order valence-electron chi connectivity index (χ2n) is 3.83. The normalized spacial score (nSPS) is 18.5. The zero-order valence-corrected chi connectivity index (χ0v) is 7.96. The summed E-state index contributed by atoms with van der Waals surface area (Å²) in [5.74, 6) is 0. The zero-order valence-electron chi connectivity index (χ0n) is 7.96. The van der Waals surface area contributed by atoms with Crippen LogP contribution in [0.2, 0.25) is 0 Å². The quantitative estimate of drug-likeness (QED) is 0.692. The summed E-state index contributed by atoms with van der Waals surface area (Å²) in [6.45, 7) is 2.20. The van der Waals surface area contributed by atoms with Gasteiger partial charge in [0.2, 0.25) is 0 Å². The summed E-state index contributed by atoms with van der Waals surface area (Å²) in [7, 11) is 0. The first kappa shape index (κ1) is 8.57. The predicted octanol–water partition coefficient (Wildman–Crippen LogP) is 2.08. The van der Waals surface area contributed by atoms with Gasteiger partial charge in [-0.3, -0.25) is 0 Å². The van der Waals surface area contributed by atoms with E-state index in [9.17, 15) is 0 Å². The van der Waals surface area contributed by atoms with Crippen LogP contribution in [0, 0.1) is 0 Å². The van der Waals surface area contributed by atoms with Gasteiger partial charge < -0.3 is 11.1 Å². The average molecular weight is 176 g/mol. The van der Waals surface area contributed by atoms with Crippen LogP contribution in [0.5, 0.6) is 0 Å². The molecule has 0 aliphatic heterocycles. The highest BCUT2D eigenvalue weighted by atomic mass is 15.0. The van der Waals surface area contributed by atoms with E-state index in [4.69, 9.17) is 5.73 Å². The van der Waals surface area contributed by atoms with Gasteiger partial charge >= 0.3 is 0 Å². The lowest BCUT2D eigenvalue weighted by Crippen LogP contribution is -2.20. The standard InChI is InChI=1S/C11H16N2/c1-8(13-11-6-7-11)9-2-4-10(12)5-3-9/h2-5,8,11,13H,6-7,12H2,1H3. The molecule has 2 rings (SSSR count). The molecule has 0 radical (unpaired) electrons. The van der Waals surface area contributed by atoms with Gasteiger partial charge in [-0.1, -0.05) is 12.1 Å². The molecule has 1 aliphatic carbocycles. The summed E-state index contributed by atoms with van der Waals surface area (Å²) in [6, 6.07) is 9.31. The third-order valence-corrected chi connectivity index (χ3v) is 2.50. The smallest absolute Gasteiger partial charge is 0.0314 e. The van der Waals surface area contributed by atoms with Gasteiger partial charge in [-0.15, -0.1) is 0 Å². The Kier molecular flexibility index (Phi) is 2.23. The highest BCUT2D eigenvalue weighted by molar-refractivity contribution is 5.40. The number of hydrogen-bond donors (Lipinski definition) is 2. The third-order valence-electron chi connectivity index (χ3n) is 2.50. The van der Waals surface area contributed by atoms with E-state index in [-0.39, 0.29) is 0 Å². The number of rotatable bonds is 3. The van der Waals surface area contributed by atoms with Crippen LogP contribution >= 0.6 is 0 Å². The Hall–Kier alpha value is -1.02. The molecule has 13 heavy (non-hydrogen) atoms. The molecule has 1 saturated carbocycles. The van der Waals surface area contributed by atoms with Crippen LogP contribution in [-0.2, 0) is 0 Å². The maximum atomic E-state index is 5.62. The molecule has 0 saturated heterocycles. The Labute approximate surface area is 79.1 Å². The van der Waals surface area contributed by atoms with Crippen molar-refractivity contribution >= 4 is 5.69 Å². The number of nitrogen functional groups attached to an aromatic ring is 1. The number of nitrogens with one attached hydrogen (secondary N) is 1. The molecule has 0 heterocycles. The minimum absolute atomic E-state index is 0.452. The molecule has 1 fully saturated rings. The molecule has 0 spiro atoms. The Morgan fingerprint density at radius 1 is 1.31 bits per heavy atom. The van der Waals surface area contributed by atoms with Gasteiger partial charge in [0.1, 0.15) is 0 Å². The fourth-order valence-electron chi connectivity index (χ4n) is 1.48. The molecule has 2 nitrogen and oxygen atoms in total. The van der Waals surface area contributed by atoms with Gasteiger partial charge in [-0.05, 0) is 37.5 Å². The van der Waals surface area contributed by atoms with E-state index in [1.165, 1.54) is 18.4 Å². The first-order valence-electron chi connectivity index (χ1n) is 4.87. The summed E-state index contributed by atoms with van der Waals surface area (Å²) >= 11 is 0. The lowest BCUT2D eigenvalue weighted by Gasteiger charge is -2.13. The highest BCUT2D eigenvalue weighted by Gasteiger charge is 2.22. The fourth-order valence-corrected chi connectivity index (χ4v) is 1.48. The van der Waals surface area contributed by atoms with E-state index in [0.29, 0.717) is 6.04 Å². The van der Waals surface area contributed by atoms with Crippen molar-refractivity contribution in [2.75, 3.05) is 5.73 Å². The van der Waals surface area contributed by atoms with Crippen molar-refractivity contribution in [2.45, 2.75) is 31.8 Å². The van der Waals surface area contributed by atoms with Crippen molar-refractivity contribution < 1.29 is 0 Å². The SMILES string of the molecule is CC(NC1CC1)c1ccc(N)cc1. The molecule has 1 aromatic carbocycles. The van der Waals surface area contributed by atoms with E-state index in [1.807, 2.05) is 12.1 Å². The van der Waals surface area contributed by atoms with Crippen LogP contribution < -0.4 is 11.1 Å². The van der Waals surface area contributed by atoms with Gasteiger partial charge in [0.05, 0.1) is 0 Å². The average Bonchev–Trinajstić information content (AvgIpc) is 2.89. The molecule has 0 bridgehead atoms. The number of anilines is 1. The van der Waals surface area contributed by atoms with Crippen molar-refractivity contribution in [3.8, 4) is 0 Å². The lowest BCUT2D eigenvalue weighted by molar-refractivity contribution is 0.571. The van der Waals surface area contributed by atoms with Crippen LogP contribution in [0.4, 0.5) is 5.69 Å². The van der Waals surface area contributed by atoms with E-state index < -0.39 is 0 Å². The first-order chi connectivity index (χ1) is 6.25. The molecule has 1 aliphatic rings. The first-order valence-corrected chi connectivity index (χ1v) is 4.87. The van der Waals surface area contributed by atoms with Crippen LogP contribution in [-0.4, -0.2) is 6.04 Å². The third kappa shape index (κ3) is 2.22. The summed E-state index contributed by atoms with van der Waals surface area (Å²) in [4.78, 5) is 0. The number of hydrogen-bond acceptors (Lipinski definition) is 2. The van der Waals surface area contributed by atoms with Crippen LogP contribution in [0.3, 0.4) is 0 Å². The Balaban J connectivity index is 2.01. The molecule has 1 unspecified atom stereocenters. The molecular formula is C11H16N2. The van der Waals surface area contributed by atoms with E-state index in [2.05, 4.69) is 24.4 Å². The van der Waals surface area contributed by atoms with Gasteiger partial charge in [0, 0.05) is 17.8 Å². The lowest BCUT2D eigenvalue weighted by atomic mass is 10.1. The minimum atomic E-state index is 0.452. The van der Waals surface area contributed by atoms with E-state index in [1.54, 1.807) is 0 Å². The van der Waals surface area contributed by atoms with Crippen molar-refractivity contribution in [3.63, 3.8) is 0 Å². The summed E-state index contributed by atoms with van der Waals surface area (Å²) in [5, 5.41) is 3.55. The largest absolute Gasteiger partial charge is 0.399 e. The zero-order chi connectivity index (χ0) is 9.26. The Morgan fingerprint density at radius 2 is 1.92 bits per heavy atom.